The predicted octanol–water partition coefficient (Wildman–Crippen LogP) is 3.12. The summed E-state index contributed by atoms with van der Waals surface area (Å²) < 4.78 is 10.2. The predicted molar refractivity (Wildman–Crippen MR) is 87.6 cm³/mol. The summed E-state index contributed by atoms with van der Waals surface area (Å²) in [6, 6.07) is 8.68. The van der Waals surface area contributed by atoms with Crippen LogP contribution in [0.25, 0.3) is 11.0 Å². The van der Waals surface area contributed by atoms with Crippen LogP contribution in [-0.4, -0.2) is 16.9 Å². The number of phenols is 1. The molecule has 0 spiro atoms. The molecule has 1 N–H and O–H groups in total. The van der Waals surface area contributed by atoms with Crippen molar-refractivity contribution in [1.29, 1.82) is 0 Å². The minimum Gasteiger partial charge on any atom is -0.508 e. The highest BCUT2D eigenvalue weighted by Gasteiger charge is 2.14. The van der Waals surface area contributed by atoms with Crippen molar-refractivity contribution in [3.63, 3.8) is 0 Å². The molecule has 0 fully saturated rings. The molecule has 0 unspecified atom stereocenters. The van der Waals surface area contributed by atoms with E-state index in [2.05, 4.69) is 0 Å². The number of ketones is 1. The molecule has 3 aromatic rings. The summed E-state index contributed by atoms with van der Waals surface area (Å²) >= 11 is 1.06. The van der Waals surface area contributed by atoms with E-state index >= 15 is 0 Å². The molecule has 122 valence electrons. The van der Waals surface area contributed by atoms with Gasteiger partial charge in [0.2, 0.25) is 0 Å². The molecular formula is C17H12O6S. The van der Waals surface area contributed by atoms with E-state index in [4.69, 9.17) is 9.15 Å². The van der Waals surface area contributed by atoms with E-state index in [0.29, 0.717) is 20.7 Å². The Hall–Kier alpha value is -2.93. The number of rotatable bonds is 4. The Labute approximate surface area is 139 Å². The first-order chi connectivity index (χ1) is 11.4. The van der Waals surface area contributed by atoms with E-state index in [1.807, 2.05) is 0 Å². The molecule has 2 heterocycles. The highest BCUT2D eigenvalue weighted by Crippen LogP contribution is 2.23. The highest BCUT2D eigenvalue weighted by atomic mass is 32.1. The lowest BCUT2D eigenvalue weighted by molar-refractivity contribution is 0.0479. The molecule has 0 aliphatic heterocycles. The number of carbonyl (C=O) groups is 2. The smallest absolute Gasteiger partial charge is 0.348 e. The highest BCUT2D eigenvalue weighted by molar-refractivity contribution is 7.15. The van der Waals surface area contributed by atoms with Gasteiger partial charge < -0.3 is 14.3 Å². The lowest BCUT2D eigenvalue weighted by Crippen LogP contribution is -2.06. The Morgan fingerprint density at radius 3 is 2.62 bits per heavy atom. The normalized spacial score (nSPS) is 10.7. The third-order valence-corrected chi connectivity index (χ3v) is 4.49. The Bertz CT molecular complexity index is 998. The van der Waals surface area contributed by atoms with Gasteiger partial charge in [-0.3, -0.25) is 4.79 Å². The average molecular weight is 344 g/mol. The number of esters is 1. The maximum Gasteiger partial charge on any atom is 0.348 e. The van der Waals surface area contributed by atoms with Crippen LogP contribution in [0.2, 0.25) is 0 Å². The molecule has 0 bridgehead atoms. The van der Waals surface area contributed by atoms with Gasteiger partial charge in [-0.05, 0) is 31.2 Å². The van der Waals surface area contributed by atoms with Crippen molar-refractivity contribution in [2.75, 3.05) is 0 Å². The van der Waals surface area contributed by atoms with E-state index < -0.39 is 11.6 Å². The van der Waals surface area contributed by atoms with Gasteiger partial charge in [0.15, 0.2) is 5.78 Å². The molecule has 7 heteroatoms. The number of hydrogen-bond donors (Lipinski definition) is 1. The van der Waals surface area contributed by atoms with Gasteiger partial charge in [-0.25, -0.2) is 9.59 Å². The third kappa shape index (κ3) is 3.21. The summed E-state index contributed by atoms with van der Waals surface area (Å²) in [5.41, 5.74) is 0.0793. The van der Waals surface area contributed by atoms with Crippen molar-refractivity contribution >= 4 is 34.1 Å². The number of benzene rings is 1. The van der Waals surface area contributed by atoms with Crippen molar-refractivity contribution in [2.45, 2.75) is 13.5 Å². The van der Waals surface area contributed by atoms with Gasteiger partial charge in [-0.15, -0.1) is 11.3 Å². The molecule has 3 rings (SSSR count). The zero-order chi connectivity index (χ0) is 17.3. The van der Waals surface area contributed by atoms with Crippen LogP contribution in [-0.2, 0) is 11.3 Å². The number of hydrogen-bond acceptors (Lipinski definition) is 7. The Kier molecular flexibility index (Phi) is 4.18. The van der Waals surface area contributed by atoms with Crippen LogP contribution in [0.15, 0.2) is 45.6 Å². The maximum absolute atomic E-state index is 12.1. The number of phenolic OH excluding ortho intramolecular Hbond substituents is 1. The summed E-state index contributed by atoms with van der Waals surface area (Å²) in [6.45, 7) is 1.30. The first kappa shape index (κ1) is 15.9. The summed E-state index contributed by atoms with van der Waals surface area (Å²) in [7, 11) is 0. The van der Waals surface area contributed by atoms with Gasteiger partial charge in [0.25, 0.3) is 0 Å². The molecule has 2 aromatic heterocycles. The summed E-state index contributed by atoms with van der Waals surface area (Å²) in [5, 5.41) is 10.0. The number of ether oxygens (including phenoxy) is 1. The van der Waals surface area contributed by atoms with Gasteiger partial charge in [-0.2, -0.15) is 0 Å². The van der Waals surface area contributed by atoms with Crippen molar-refractivity contribution < 1.29 is 23.8 Å². The molecule has 0 radical (unpaired) electrons. The SMILES string of the molecule is CC(=O)c1ccc(C(=O)OCc2cc(=O)oc3cc(O)ccc23)s1. The lowest BCUT2D eigenvalue weighted by atomic mass is 10.1. The van der Waals surface area contributed by atoms with Gasteiger partial charge in [0.05, 0.1) is 4.88 Å². The minimum atomic E-state index is -0.603. The van der Waals surface area contributed by atoms with E-state index in [1.54, 1.807) is 12.1 Å². The molecule has 1 aromatic carbocycles. The molecule has 0 atom stereocenters. The molecule has 0 saturated carbocycles. The molecular weight excluding hydrogens is 332 g/mol. The second kappa shape index (κ2) is 6.29. The third-order valence-electron chi connectivity index (χ3n) is 3.33. The number of Topliss-reactive ketones (excluding diaryl/α,β-unsaturated/α-hetero) is 1. The Balaban J connectivity index is 1.83. The molecule has 0 saturated heterocycles. The van der Waals surface area contributed by atoms with Crippen molar-refractivity contribution in [1.82, 2.24) is 0 Å². The van der Waals surface area contributed by atoms with Crippen molar-refractivity contribution in [3.8, 4) is 5.75 Å². The van der Waals surface area contributed by atoms with E-state index in [-0.39, 0.29) is 23.7 Å². The van der Waals surface area contributed by atoms with Crippen LogP contribution in [0, 0.1) is 0 Å². The molecule has 6 nitrogen and oxygen atoms in total. The van der Waals surface area contributed by atoms with Crippen LogP contribution in [0.1, 0.15) is 31.8 Å². The summed E-state index contributed by atoms with van der Waals surface area (Å²) in [4.78, 5) is 35.7. The van der Waals surface area contributed by atoms with Crippen LogP contribution >= 0.6 is 11.3 Å². The zero-order valence-electron chi connectivity index (χ0n) is 12.6. The fourth-order valence-electron chi connectivity index (χ4n) is 2.19. The number of fused-ring (bicyclic) bond motifs is 1. The van der Waals surface area contributed by atoms with E-state index in [1.165, 1.54) is 31.2 Å². The topological polar surface area (TPSA) is 93.8 Å². The standard InChI is InChI=1S/C17H12O6S/c1-9(18)14-4-5-15(24-14)17(21)22-8-10-6-16(20)23-13-7-11(19)2-3-12(10)13/h2-7,19H,8H2,1H3. The number of carbonyl (C=O) groups excluding carboxylic acids is 2. The van der Waals surface area contributed by atoms with Gasteiger partial charge >= 0.3 is 11.6 Å². The first-order valence-corrected chi connectivity index (χ1v) is 7.79. The second-order valence-corrected chi connectivity index (χ2v) is 6.15. The van der Waals surface area contributed by atoms with Gasteiger partial charge in [0.1, 0.15) is 22.8 Å². The fourth-order valence-corrected chi connectivity index (χ4v) is 2.98. The number of aromatic hydroxyl groups is 1. The fraction of sp³-hybridized carbons (Fsp3) is 0.118. The molecule has 24 heavy (non-hydrogen) atoms. The number of thiophene rings is 1. The molecule has 0 aliphatic rings. The van der Waals surface area contributed by atoms with Crippen LogP contribution in [0.4, 0.5) is 0 Å². The maximum atomic E-state index is 12.1. The first-order valence-electron chi connectivity index (χ1n) is 6.97. The van der Waals surface area contributed by atoms with E-state index in [0.717, 1.165) is 11.3 Å². The minimum absolute atomic E-state index is 0.0323. The quantitative estimate of drug-likeness (QED) is 0.444. The van der Waals surface area contributed by atoms with Gasteiger partial charge in [-0.1, -0.05) is 0 Å². The lowest BCUT2D eigenvalue weighted by Gasteiger charge is -2.06. The largest absolute Gasteiger partial charge is 0.508 e. The van der Waals surface area contributed by atoms with Crippen molar-refractivity contribution in [3.05, 3.63) is 62.1 Å². The van der Waals surface area contributed by atoms with Crippen molar-refractivity contribution in [2.24, 2.45) is 0 Å². The van der Waals surface area contributed by atoms with E-state index in [9.17, 15) is 19.5 Å². The molecule has 0 aliphatic carbocycles. The zero-order valence-corrected chi connectivity index (χ0v) is 13.4. The van der Waals surface area contributed by atoms with Gasteiger partial charge in [0, 0.05) is 23.1 Å². The van der Waals surface area contributed by atoms with Crippen LogP contribution < -0.4 is 5.63 Å². The molecule has 0 amide bonds. The van der Waals surface area contributed by atoms with Crippen LogP contribution in [0.3, 0.4) is 0 Å². The monoisotopic (exact) mass is 344 g/mol. The summed E-state index contributed by atoms with van der Waals surface area (Å²) in [6.07, 6.45) is 0. The van der Waals surface area contributed by atoms with Crippen LogP contribution in [0.5, 0.6) is 5.75 Å². The average Bonchev–Trinajstić information content (AvgIpc) is 3.02. The summed E-state index contributed by atoms with van der Waals surface area (Å²) in [5.74, 6) is -0.728. The Morgan fingerprint density at radius 1 is 1.17 bits per heavy atom. The Morgan fingerprint density at radius 2 is 1.92 bits per heavy atom. The second-order valence-electron chi connectivity index (χ2n) is 5.07.